The van der Waals surface area contributed by atoms with Gasteiger partial charge in [0.05, 0.1) is 11.0 Å². The van der Waals surface area contributed by atoms with Crippen LogP contribution < -0.4 is 4.74 Å². The summed E-state index contributed by atoms with van der Waals surface area (Å²) in [4.78, 5) is 9.67. The van der Waals surface area contributed by atoms with Gasteiger partial charge in [-0.05, 0) is 120 Å². The number of hydrogen-bond donors (Lipinski definition) is 0. The maximum absolute atomic E-state index is 6.62. The van der Waals surface area contributed by atoms with E-state index in [0.717, 1.165) is 55.4 Å². The first-order valence-corrected chi connectivity index (χ1v) is 17.4. The van der Waals surface area contributed by atoms with Crippen LogP contribution in [0.15, 0.2) is 134 Å². The molecule has 0 aliphatic carbocycles. The molecule has 6 aromatic carbocycles. The molecule has 0 saturated heterocycles. The van der Waals surface area contributed by atoms with E-state index < -0.39 is 0 Å². The van der Waals surface area contributed by atoms with Crippen molar-refractivity contribution in [3.05, 3.63) is 156 Å². The molecule has 4 heterocycles. The van der Waals surface area contributed by atoms with Gasteiger partial charge in [0.15, 0.2) is 0 Å². The second-order valence-electron chi connectivity index (χ2n) is 13.7. The minimum Gasteiger partial charge on any atom is -0.457 e. The van der Waals surface area contributed by atoms with E-state index in [1.54, 1.807) is 0 Å². The van der Waals surface area contributed by atoms with Crippen molar-refractivity contribution >= 4 is 54.6 Å². The van der Waals surface area contributed by atoms with Crippen molar-refractivity contribution in [1.82, 2.24) is 18.8 Å². The molecule has 0 fully saturated rings. The Kier molecular flexibility index (Phi) is 6.37. The lowest BCUT2D eigenvalue weighted by Gasteiger charge is -2.17. The van der Waals surface area contributed by atoms with Gasteiger partial charge in [-0.1, -0.05) is 66.7 Å². The number of rotatable bonds is 4. The van der Waals surface area contributed by atoms with E-state index in [-0.39, 0.29) is 0 Å². The quantitative estimate of drug-likeness (QED) is 0.177. The smallest absolute Gasteiger partial charge is 0.145 e. The second-order valence-corrected chi connectivity index (χ2v) is 13.7. The number of aryl methyl sites for hydroxylation is 4. The van der Waals surface area contributed by atoms with Crippen molar-refractivity contribution in [2.45, 2.75) is 27.7 Å². The van der Waals surface area contributed by atoms with Crippen LogP contribution >= 0.6 is 0 Å². The molecule has 5 heteroatoms. The Morgan fingerprint density at radius 3 is 1.69 bits per heavy atom. The molecule has 4 aromatic heterocycles. The molecule has 10 rings (SSSR count). The average molecular weight is 659 g/mol. The Morgan fingerprint density at radius 1 is 0.471 bits per heavy atom. The molecule has 0 aliphatic rings. The van der Waals surface area contributed by atoms with Crippen molar-refractivity contribution in [1.29, 1.82) is 0 Å². The lowest BCUT2D eigenvalue weighted by molar-refractivity contribution is 0.484. The molecule has 0 amide bonds. The van der Waals surface area contributed by atoms with Crippen LogP contribution in [0, 0.1) is 27.7 Å². The molecule has 10 aromatic rings. The molecule has 51 heavy (non-hydrogen) atoms. The zero-order valence-electron chi connectivity index (χ0n) is 28.9. The number of pyridine rings is 2. The third kappa shape index (κ3) is 4.41. The van der Waals surface area contributed by atoms with Gasteiger partial charge in [0.1, 0.15) is 22.8 Å². The summed E-state index contributed by atoms with van der Waals surface area (Å²) >= 11 is 0. The molecule has 0 N–H and O–H groups in total. The number of hydrogen-bond acceptors (Lipinski definition) is 3. The normalized spacial score (nSPS) is 11.9. The van der Waals surface area contributed by atoms with Crippen molar-refractivity contribution in [2.24, 2.45) is 0 Å². The van der Waals surface area contributed by atoms with Gasteiger partial charge in [-0.2, -0.15) is 0 Å². The van der Waals surface area contributed by atoms with Gasteiger partial charge in [-0.15, -0.1) is 0 Å². The maximum Gasteiger partial charge on any atom is 0.145 e. The van der Waals surface area contributed by atoms with Gasteiger partial charge in [-0.25, -0.2) is 9.97 Å². The molecule has 0 spiro atoms. The number of aromatic nitrogens is 4. The topological polar surface area (TPSA) is 43.8 Å². The molecule has 244 valence electrons. The Labute approximate surface area is 295 Å². The van der Waals surface area contributed by atoms with Gasteiger partial charge in [0.25, 0.3) is 0 Å². The molecule has 0 unspecified atom stereocenters. The van der Waals surface area contributed by atoms with Crippen LogP contribution in [-0.4, -0.2) is 18.8 Å². The van der Waals surface area contributed by atoms with Crippen LogP contribution in [-0.2, 0) is 0 Å². The van der Waals surface area contributed by atoms with E-state index in [1.807, 2.05) is 18.6 Å². The molecular weight excluding hydrogens is 625 g/mol. The van der Waals surface area contributed by atoms with Crippen LogP contribution in [0.5, 0.6) is 11.5 Å². The highest BCUT2D eigenvalue weighted by Crippen LogP contribution is 2.40. The van der Waals surface area contributed by atoms with Crippen molar-refractivity contribution in [3.63, 3.8) is 0 Å². The molecule has 0 aliphatic heterocycles. The molecule has 0 atom stereocenters. The third-order valence-corrected chi connectivity index (χ3v) is 10.6. The molecule has 0 saturated carbocycles. The molecule has 0 bridgehead atoms. The Balaban J connectivity index is 1.10. The fourth-order valence-electron chi connectivity index (χ4n) is 8.38. The Bertz CT molecular complexity index is 3020. The van der Waals surface area contributed by atoms with Crippen molar-refractivity contribution < 1.29 is 4.74 Å². The first-order valence-electron chi connectivity index (χ1n) is 17.4. The number of fused-ring (bicyclic) bond motifs is 12. The van der Waals surface area contributed by atoms with E-state index >= 15 is 0 Å². The molecule has 5 nitrogen and oxygen atoms in total. The molecule has 0 radical (unpaired) electrons. The highest BCUT2D eigenvalue weighted by Gasteiger charge is 2.18. The SMILES string of the molecule is Cc1cccc(C)c1-c1ccc2c3ccc(Oc4ccc5c(c4)c4nccn4c4c(-c6c(C)cccc6C)cccc54)cc3c3nccn3c2c1. The van der Waals surface area contributed by atoms with Crippen molar-refractivity contribution in [3.8, 4) is 33.8 Å². The zero-order valence-corrected chi connectivity index (χ0v) is 28.9. The van der Waals surface area contributed by atoms with Crippen LogP contribution in [0.25, 0.3) is 76.9 Å². The lowest BCUT2D eigenvalue weighted by atomic mass is 9.92. The van der Waals surface area contributed by atoms with Gasteiger partial charge in [0, 0.05) is 51.9 Å². The second kappa shape index (κ2) is 11.0. The minimum atomic E-state index is 0.760. The fourth-order valence-corrected chi connectivity index (χ4v) is 8.38. The lowest BCUT2D eigenvalue weighted by Crippen LogP contribution is -1.96. The van der Waals surface area contributed by atoms with E-state index in [2.05, 4.69) is 152 Å². The monoisotopic (exact) mass is 658 g/mol. The predicted octanol–water partition coefficient (Wildman–Crippen LogP) is 12.0. The summed E-state index contributed by atoms with van der Waals surface area (Å²) in [7, 11) is 0. The number of para-hydroxylation sites is 1. The van der Waals surface area contributed by atoms with Crippen LogP contribution in [0.1, 0.15) is 22.3 Å². The fraction of sp³-hybridized carbons (Fsp3) is 0.0870. The largest absolute Gasteiger partial charge is 0.457 e. The van der Waals surface area contributed by atoms with E-state index in [4.69, 9.17) is 14.7 Å². The summed E-state index contributed by atoms with van der Waals surface area (Å²) < 4.78 is 11.0. The van der Waals surface area contributed by atoms with Gasteiger partial charge in [0.2, 0.25) is 0 Å². The summed E-state index contributed by atoms with van der Waals surface area (Å²) in [6.07, 6.45) is 7.88. The van der Waals surface area contributed by atoms with Gasteiger partial charge in [-0.3, -0.25) is 8.80 Å². The summed E-state index contributed by atoms with van der Waals surface area (Å²) in [6.45, 7) is 8.74. The zero-order chi connectivity index (χ0) is 34.4. The van der Waals surface area contributed by atoms with Crippen LogP contribution in [0.3, 0.4) is 0 Å². The first-order chi connectivity index (χ1) is 24.9. The third-order valence-electron chi connectivity index (χ3n) is 10.6. The summed E-state index contributed by atoms with van der Waals surface area (Å²) in [5.41, 5.74) is 14.2. The standard InChI is InChI=1S/C46H34N4O/c1-27-8-5-9-28(2)42(27)31-14-17-36-34-18-15-32(25-39(34)45-47-20-22-49(45)41(36)24-31)51-33-16-19-35-37-12-7-13-38(43-29(3)10-6-11-30(43)4)44(37)50-23-21-48-46(50)40(35)26-33/h5-26H,1-4H3. The highest BCUT2D eigenvalue weighted by atomic mass is 16.5. The summed E-state index contributed by atoms with van der Waals surface area (Å²) in [5.74, 6) is 1.52. The van der Waals surface area contributed by atoms with E-state index in [0.29, 0.717) is 0 Å². The summed E-state index contributed by atoms with van der Waals surface area (Å²) in [6, 6.07) is 39.1. The number of nitrogens with zero attached hydrogens (tertiary/aromatic N) is 4. The molecular formula is C46H34N4O. The van der Waals surface area contributed by atoms with Gasteiger partial charge < -0.3 is 4.74 Å². The minimum absolute atomic E-state index is 0.760. The Hall–Kier alpha value is -6.46. The van der Waals surface area contributed by atoms with Gasteiger partial charge >= 0.3 is 0 Å². The van der Waals surface area contributed by atoms with Crippen LogP contribution in [0.4, 0.5) is 0 Å². The van der Waals surface area contributed by atoms with Crippen LogP contribution in [0.2, 0.25) is 0 Å². The van der Waals surface area contributed by atoms with E-state index in [1.165, 1.54) is 55.3 Å². The average Bonchev–Trinajstić information content (AvgIpc) is 3.83. The number of imidazole rings is 2. The Morgan fingerprint density at radius 2 is 1.02 bits per heavy atom. The number of benzene rings is 6. The number of ether oxygens (including phenoxy) is 1. The van der Waals surface area contributed by atoms with Crippen molar-refractivity contribution in [2.75, 3.05) is 0 Å². The highest BCUT2D eigenvalue weighted by molar-refractivity contribution is 6.16. The predicted molar refractivity (Wildman–Crippen MR) is 210 cm³/mol. The first kappa shape index (κ1) is 29.5. The maximum atomic E-state index is 6.62. The summed E-state index contributed by atoms with van der Waals surface area (Å²) in [5, 5.41) is 6.75. The van der Waals surface area contributed by atoms with E-state index in [9.17, 15) is 0 Å².